The highest BCUT2D eigenvalue weighted by molar-refractivity contribution is 7.50. The third kappa shape index (κ3) is 4.26. The van der Waals surface area contributed by atoms with E-state index in [4.69, 9.17) is 14.5 Å². The minimum Gasteiger partial charge on any atom is -0.458 e. The summed E-state index contributed by atoms with van der Waals surface area (Å²) in [4.78, 5) is 29.8. The van der Waals surface area contributed by atoms with E-state index in [9.17, 15) is 9.36 Å². The summed E-state index contributed by atoms with van der Waals surface area (Å²) in [6.07, 6.45) is 1.16. The van der Waals surface area contributed by atoms with Crippen LogP contribution < -0.4 is 0 Å². The summed E-state index contributed by atoms with van der Waals surface area (Å²) in [6.45, 7) is 3.60. The van der Waals surface area contributed by atoms with Crippen molar-refractivity contribution in [3.63, 3.8) is 0 Å². The molecule has 0 fully saturated rings. The lowest BCUT2D eigenvalue weighted by molar-refractivity contribution is 0.0550. The van der Waals surface area contributed by atoms with E-state index in [1.165, 1.54) is 6.08 Å². The highest BCUT2D eigenvalue weighted by Gasteiger charge is 2.14. The zero-order chi connectivity index (χ0) is 15.5. The van der Waals surface area contributed by atoms with E-state index in [-0.39, 0.29) is 12.8 Å². The number of hydrogen-bond acceptors (Lipinski definition) is 3. The molecule has 2 N–H and O–H groups in total. The van der Waals surface area contributed by atoms with Crippen LogP contribution in [-0.4, -0.2) is 22.4 Å². The molecule has 0 radical (unpaired) electrons. The molecular weight excluding hydrogens is 291 g/mol. The zero-order valence-electron chi connectivity index (χ0n) is 11.2. The van der Waals surface area contributed by atoms with Crippen LogP contribution in [0.5, 0.6) is 0 Å². The molecule has 0 unspecified atom stereocenters. The Hall–Kier alpha value is -1.94. The third-order valence-electron chi connectivity index (χ3n) is 2.86. The molecule has 2 aromatic carbocycles. The van der Waals surface area contributed by atoms with Gasteiger partial charge in [-0.1, -0.05) is 36.9 Å². The lowest BCUT2D eigenvalue weighted by Gasteiger charge is -2.07. The quantitative estimate of drug-likeness (QED) is 0.504. The SMILES string of the molecule is C=CCOC(=O)c1ccc2ccc(CP(=O)(O)O)cc2c1. The van der Waals surface area contributed by atoms with Crippen LogP contribution in [0.2, 0.25) is 0 Å². The average molecular weight is 306 g/mol. The summed E-state index contributed by atoms with van der Waals surface area (Å²) in [6, 6.07) is 10.1. The van der Waals surface area contributed by atoms with E-state index >= 15 is 0 Å². The predicted octanol–water partition coefficient (Wildman–Crippen LogP) is 2.86. The summed E-state index contributed by atoms with van der Waals surface area (Å²) < 4.78 is 16.0. The highest BCUT2D eigenvalue weighted by Crippen LogP contribution is 2.39. The molecule has 0 aliphatic carbocycles. The lowest BCUT2D eigenvalue weighted by Crippen LogP contribution is -2.04. The molecule has 0 aliphatic heterocycles. The van der Waals surface area contributed by atoms with Gasteiger partial charge in [0.25, 0.3) is 0 Å². The molecule has 2 aromatic rings. The van der Waals surface area contributed by atoms with Crippen LogP contribution in [0.4, 0.5) is 0 Å². The lowest BCUT2D eigenvalue weighted by atomic mass is 10.0. The first kappa shape index (κ1) is 15.4. The zero-order valence-corrected chi connectivity index (χ0v) is 12.1. The number of rotatable bonds is 5. The second-order valence-corrected chi connectivity index (χ2v) is 6.25. The minimum atomic E-state index is -4.11. The molecule has 0 atom stereocenters. The van der Waals surface area contributed by atoms with Gasteiger partial charge in [-0.2, -0.15) is 0 Å². The van der Waals surface area contributed by atoms with Gasteiger partial charge in [-0.15, -0.1) is 0 Å². The molecular formula is C15H15O5P. The second kappa shape index (κ2) is 6.22. The van der Waals surface area contributed by atoms with Gasteiger partial charge in [0.05, 0.1) is 11.7 Å². The monoisotopic (exact) mass is 306 g/mol. The Kier molecular flexibility index (Phi) is 4.58. The van der Waals surface area contributed by atoms with E-state index in [1.807, 2.05) is 0 Å². The van der Waals surface area contributed by atoms with Gasteiger partial charge in [0.2, 0.25) is 0 Å². The van der Waals surface area contributed by atoms with Crippen molar-refractivity contribution in [3.8, 4) is 0 Å². The van der Waals surface area contributed by atoms with Gasteiger partial charge in [0, 0.05) is 0 Å². The number of esters is 1. The Morgan fingerprint density at radius 1 is 1.19 bits per heavy atom. The van der Waals surface area contributed by atoms with E-state index in [0.717, 1.165) is 10.8 Å². The summed E-state index contributed by atoms with van der Waals surface area (Å²) in [7, 11) is -4.11. The Morgan fingerprint density at radius 3 is 2.57 bits per heavy atom. The van der Waals surface area contributed by atoms with Gasteiger partial charge >= 0.3 is 13.6 Å². The molecule has 6 heteroatoms. The molecule has 5 nitrogen and oxygen atoms in total. The maximum absolute atomic E-state index is 11.8. The maximum Gasteiger partial charge on any atom is 0.338 e. The van der Waals surface area contributed by atoms with Crippen LogP contribution in [0.3, 0.4) is 0 Å². The van der Waals surface area contributed by atoms with Crippen molar-refractivity contribution in [2.75, 3.05) is 6.61 Å². The van der Waals surface area contributed by atoms with Crippen LogP contribution in [0.25, 0.3) is 10.8 Å². The number of carbonyl (C=O) groups excluding carboxylic acids is 1. The molecule has 2 rings (SSSR count). The third-order valence-corrected chi connectivity index (χ3v) is 3.64. The molecule has 0 spiro atoms. The summed E-state index contributed by atoms with van der Waals surface area (Å²) in [5, 5.41) is 1.61. The molecule has 0 aromatic heterocycles. The van der Waals surface area contributed by atoms with E-state index in [0.29, 0.717) is 11.1 Å². The van der Waals surface area contributed by atoms with Crippen molar-refractivity contribution in [3.05, 3.63) is 60.2 Å². The fraction of sp³-hybridized carbons (Fsp3) is 0.133. The van der Waals surface area contributed by atoms with Crippen molar-refractivity contribution < 1.29 is 23.9 Å². The van der Waals surface area contributed by atoms with Crippen LogP contribution >= 0.6 is 7.60 Å². The number of hydrogen-bond donors (Lipinski definition) is 2. The van der Waals surface area contributed by atoms with Crippen molar-refractivity contribution in [2.45, 2.75) is 6.16 Å². The second-order valence-electron chi connectivity index (χ2n) is 4.61. The van der Waals surface area contributed by atoms with Crippen molar-refractivity contribution in [1.82, 2.24) is 0 Å². The molecule has 0 heterocycles. The number of fused-ring (bicyclic) bond motifs is 1. The fourth-order valence-corrected chi connectivity index (χ4v) is 2.65. The molecule has 0 amide bonds. The van der Waals surface area contributed by atoms with Crippen LogP contribution in [0, 0.1) is 0 Å². The van der Waals surface area contributed by atoms with Gasteiger partial charge in [0.15, 0.2) is 0 Å². The van der Waals surface area contributed by atoms with Crippen molar-refractivity contribution in [2.24, 2.45) is 0 Å². The Labute approximate surface area is 122 Å². The molecule has 0 aliphatic rings. The normalized spacial score (nSPS) is 11.3. The number of ether oxygens (including phenoxy) is 1. The topological polar surface area (TPSA) is 83.8 Å². The molecule has 0 saturated heterocycles. The largest absolute Gasteiger partial charge is 0.458 e. The average Bonchev–Trinajstić information content (AvgIpc) is 2.42. The van der Waals surface area contributed by atoms with Crippen molar-refractivity contribution >= 4 is 24.3 Å². The molecule has 21 heavy (non-hydrogen) atoms. The van der Waals surface area contributed by atoms with Gasteiger partial charge in [-0.3, -0.25) is 4.57 Å². The van der Waals surface area contributed by atoms with Crippen LogP contribution in [-0.2, 0) is 15.5 Å². The highest BCUT2D eigenvalue weighted by atomic mass is 31.2. The Morgan fingerprint density at radius 2 is 1.90 bits per heavy atom. The van der Waals surface area contributed by atoms with Crippen molar-refractivity contribution in [1.29, 1.82) is 0 Å². The van der Waals surface area contributed by atoms with Gasteiger partial charge in [-0.25, -0.2) is 4.79 Å². The standard InChI is InChI=1S/C15H15O5P/c1-2-7-20-15(16)13-6-5-12-4-3-11(8-14(12)9-13)10-21(17,18)19/h2-6,8-9H,1,7,10H2,(H2,17,18,19). The molecule has 110 valence electrons. The maximum atomic E-state index is 11.8. The summed E-state index contributed by atoms with van der Waals surface area (Å²) in [5.74, 6) is -0.461. The first-order chi connectivity index (χ1) is 9.89. The number of carbonyl (C=O) groups is 1. The fourth-order valence-electron chi connectivity index (χ4n) is 1.98. The van der Waals surface area contributed by atoms with Gasteiger partial charge in [-0.05, 0) is 28.5 Å². The van der Waals surface area contributed by atoms with Gasteiger partial charge < -0.3 is 14.5 Å². The molecule has 0 saturated carbocycles. The minimum absolute atomic E-state index is 0.134. The summed E-state index contributed by atoms with van der Waals surface area (Å²) in [5.41, 5.74) is 0.908. The van der Waals surface area contributed by atoms with Gasteiger partial charge in [0.1, 0.15) is 6.61 Å². The molecule has 0 bridgehead atoms. The van der Waals surface area contributed by atoms with E-state index in [1.54, 1.807) is 36.4 Å². The van der Waals surface area contributed by atoms with Crippen LogP contribution in [0.15, 0.2) is 49.1 Å². The Balaban J connectivity index is 2.34. The first-order valence-corrected chi connectivity index (χ1v) is 8.04. The van der Waals surface area contributed by atoms with E-state index in [2.05, 4.69) is 6.58 Å². The first-order valence-electron chi connectivity index (χ1n) is 6.24. The number of benzene rings is 2. The smallest absolute Gasteiger partial charge is 0.338 e. The summed E-state index contributed by atoms with van der Waals surface area (Å²) >= 11 is 0. The van der Waals surface area contributed by atoms with Crippen LogP contribution in [0.1, 0.15) is 15.9 Å². The Bertz CT molecular complexity index is 732. The predicted molar refractivity (Wildman–Crippen MR) is 80.2 cm³/mol. The van der Waals surface area contributed by atoms with E-state index < -0.39 is 13.6 Å².